The summed E-state index contributed by atoms with van der Waals surface area (Å²) >= 11 is 0. The monoisotopic (exact) mass is 826 g/mol. The lowest BCUT2D eigenvalue weighted by Crippen LogP contribution is -2.12. The standard InChI is InChI=1S/C62H54N2/c1-46-16-13-19-50(40-46)44-55(52-21-7-4-8-22-52)43-49-28-32-57(33-29-49)63(59-36-38-60(39-37-59)64(56-25-11-6-12-26-56)61-27-15-18-48(3)42-61)58-34-30-54(31-35-58)62(53-23-9-5-10-24-53)45-51-20-14-17-47(2)41-51/h4-43,62H,44-45H2,1-3H3/b55-43-. The molecule has 0 fully saturated rings. The quantitative estimate of drug-likeness (QED) is 0.101. The maximum atomic E-state index is 2.38. The second-order valence-corrected chi connectivity index (χ2v) is 16.9. The maximum absolute atomic E-state index is 2.38. The number of rotatable bonds is 14. The molecule has 0 aromatic heterocycles. The van der Waals surface area contributed by atoms with Gasteiger partial charge in [0.25, 0.3) is 0 Å². The summed E-state index contributed by atoms with van der Waals surface area (Å²) in [5.74, 6) is 0.222. The zero-order chi connectivity index (χ0) is 43.7. The average molecular weight is 827 g/mol. The van der Waals surface area contributed by atoms with Crippen molar-refractivity contribution in [3.05, 3.63) is 287 Å². The molecule has 0 N–H and O–H groups in total. The van der Waals surface area contributed by atoms with E-state index in [2.05, 4.69) is 273 Å². The molecule has 0 amide bonds. The van der Waals surface area contributed by atoms with Gasteiger partial charge in [-0.15, -0.1) is 0 Å². The summed E-state index contributed by atoms with van der Waals surface area (Å²) in [6, 6.07) is 86.1. The van der Waals surface area contributed by atoms with Gasteiger partial charge in [0.15, 0.2) is 0 Å². The van der Waals surface area contributed by atoms with Crippen LogP contribution >= 0.6 is 0 Å². The number of nitrogens with zero attached hydrogens (tertiary/aromatic N) is 2. The van der Waals surface area contributed by atoms with Gasteiger partial charge in [0, 0.05) is 40.0 Å². The van der Waals surface area contributed by atoms with Crippen molar-refractivity contribution >= 4 is 45.8 Å². The predicted octanol–water partition coefficient (Wildman–Crippen LogP) is 16.7. The van der Waals surface area contributed by atoms with Gasteiger partial charge in [-0.25, -0.2) is 0 Å². The van der Waals surface area contributed by atoms with Gasteiger partial charge in [0.2, 0.25) is 0 Å². The minimum Gasteiger partial charge on any atom is -0.311 e. The number of allylic oxidation sites excluding steroid dienone is 1. The van der Waals surface area contributed by atoms with Crippen LogP contribution in [0.2, 0.25) is 0 Å². The van der Waals surface area contributed by atoms with E-state index in [0.29, 0.717) is 0 Å². The summed E-state index contributed by atoms with van der Waals surface area (Å²) in [5, 5.41) is 0. The van der Waals surface area contributed by atoms with Crippen molar-refractivity contribution < 1.29 is 0 Å². The van der Waals surface area contributed by atoms with Crippen LogP contribution in [0.4, 0.5) is 34.1 Å². The fourth-order valence-corrected chi connectivity index (χ4v) is 8.88. The number of para-hydroxylation sites is 1. The molecule has 0 aliphatic rings. The first-order valence-electron chi connectivity index (χ1n) is 22.4. The summed E-state index contributed by atoms with van der Waals surface area (Å²) in [6.45, 7) is 6.49. The molecule has 0 spiro atoms. The number of benzene rings is 9. The molecule has 2 heteroatoms. The number of hydrogen-bond donors (Lipinski definition) is 0. The first-order chi connectivity index (χ1) is 31.4. The molecule has 0 aliphatic heterocycles. The molecular formula is C62H54N2. The second-order valence-electron chi connectivity index (χ2n) is 16.9. The van der Waals surface area contributed by atoms with Gasteiger partial charge in [-0.3, -0.25) is 0 Å². The zero-order valence-electron chi connectivity index (χ0n) is 37.0. The van der Waals surface area contributed by atoms with Crippen LogP contribution < -0.4 is 9.80 Å². The van der Waals surface area contributed by atoms with Gasteiger partial charge < -0.3 is 9.80 Å². The highest BCUT2D eigenvalue weighted by Gasteiger charge is 2.19. The summed E-state index contributed by atoms with van der Waals surface area (Å²) < 4.78 is 0. The Labute approximate surface area is 380 Å². The number of hydrogen-bond acceptors (Lipinski definition) is 2. The molecule has 312 valence electrons. The Morgan fingerprint density at radius 1 is 0.375 bits per heavy atom. The van der Waals surface area contributed by atoms with Crippen molar-refractivity contribution in [3.8, 4) is 0 Å². The van der Waals surface area contributed by atoms with E-state index in [1.807, 2.05) is 0 Å². The van der Waals surface area contributed by atoms with Gasteiger partial charge in [-0.05, 0) is 151 Å². The first kappa shape index (κ1) is 41.7. The van der Waals surface area contributed by atoms with E-state index >= 15 is 0 Å². The summed E-state index contributed by atoms with van der Waals surface area (Å²) in [6.07, 6.45) is 4.13. The van der Waals surface area contributed by atoms with Gasteiger partial charge in [0.05, 0.1) is 0 Å². The Kier molecular flexibility index (Phi) is 12.7. The molecule has 2 nitrogen and oxygen atoms in total. The van der Waals surface area contributed by atoms with Crippen LogP contribution in [0.5, 0.6) is 0 Å². The summed E-state index contributed by atoms with van der Waals surface area (Å²) in [7, 11) is 0. The number of anilines is 6. The fourth-order valence-electron chi connectivity index (χ4n) is 8.88. The van der Waals surface area contributed by atoms with Crippen LogP contribution in [0.25, 0.3) is 11.6 Å². The highest BCUT2D eigenvalue weighted by Crippen LogP contribution is 2.40. The van der Waals surface area contributed by atoms with Crippen molar-refractivity contribution in [2.75, 3.05) is 9.80 Å². The van der Waals surface area contributed by atoms with E-state index < -0.39 is 0 Å². The Bertz CT molecular complexity index is 2930. The van der Waals surface area contributed by atoms with Crippen LogP contribution in [0, 0.1) is 20.8 Å². The molecule has 64 heavy (non-hydrogen) atoms. The van der Waals surface area contributed by atoms with Crippen LogP contribution in [0.1, 0.15) is 56.0 Å². The predicted molar refractivity (Wildman–Crippen MR) is 273 cm³/mol. The van der Waals surface area contributed by atoms with Crippen molar-refractivity contribution in [2.45, 2.75) is 39.5 Å². The van der Waals surface area contributed by atoms with Gasteiger partial charge >= 0.3 is 0 Å². The molecule has 1 atom stereocenters. The van der Waals surface area contributed by atoms with E-state index in [1.165, 1.54) is 55.6 Å². The highest BCUT2D eigenvalue weighted by molar-refractivity contribution is 5.85. The highest BCUT2D eigenvalue weighted by atomic mass is 15.2. The summed E-state index contributed by atoms with van der Waals surface area (Å²) in [5.41, 5.74) is 19.4. The molecule has 0 bridgehead atoms. The molecule has 9 rings (SSSR count). The zero-order valence-corrected chi connectivity index (χ0v) is 37.0. The molecule has 0 saturated carbocycles. The summed E-state index contributed by atoms with van der Waals surface area (Å²) in [4.78, 5) is 4.71. The van der Waals surface area contributed by atoms with Crippen LogP contribution in [0.15, 0.2) is 237 Å². The van der Waals surface area contributed by atoms with Crippen LogP contribution in [0.3, 0.4) is 0 Å². The van der Waals surface area contributed by atoms with Crippen molar-refractivity contribution in [3.63, 3.8) is 0 Å². The smallest absolute Gasteiger partial charge is 0.0464 e. The maximum Gasteiger partial charge on any atom is 0.0464 e. The van der Waals surface area contributed by atoms with E-state index in [-0.39, 0.29) is 5.92 Å². The SMILES string of the molecule is Cc1cccc(C/C(=C/c2ccc(N(c3ccc(C(Cc4cccc(C)c4)c4ccccc4)cc3)c3ccc(N(c4ccccc4)c4cccc(C)c4)cc3)cc2)c2ccccc2)c1. The van der Waals surface area contributed by atoms with Gasteiger partial charge in [-0.1, -0.05) is 181 Å². The minimum absolute atomic E-state index is 0.222. The Morgan fingerprint density at radius 2 is 0.797 bits per heavy atom. The molecule has 9 aromatic carbocycles. The lowest BCUT2D eigenvalue weighted by Gasteiger charge is -2.29. The third kappa shape index (κ3) is 9.99. The molecule has 0 aliphatic carbocycles. The van der Waals surface area contributed by atoms with Crippen molar-refractivity contribution in [2.24, 2.45) is 0 Å². The van der Waals surface area contributed by atoms with Crippen LogP contribution in [-0.4, -0.2) is 0 Å². The van der Waals surface area contributed by atoms with Gasteiger partial charge in [-0.2, -0.15) is 0 Å². The Hall–Kier alpha value is -7.68. The van der Waals surface area contributed by atoms with Crippen molar-refractivity contribution in [1.82, 2.24) is 0 Å². The van der Waals surface area contributed by atoms with E-state index in [9.17, 15) is 0 Å². The van der Waals surface area contributed by atoms with E-state index in [0.717, 1.165) is 47.0 Å². The fraction of sp³-hybridized carbons (Fsp3) is 0.0968. The van der Waals surface area contributed by atoms with E-state index in [1.54, 1.807) is 0 Å². The number of aryl methyl sites for hydroxylation is 3. The third-order valence-electron chi connectivity index (χ3n) is 12.0. The minimum atomic E-state index is 0.222. The molecule has 9 aromatic rings. The second kappa shape index (κ2) is 19.6. The lowest BCUT2D eigenvalue weighted by atomic mass is 9.85. The average Bonchev–Trinajstić information content (AvgIpc) is 3.33. The largest absolute Gasteiger partial charge is 0.311 e. The molecule has 0 saturated heterocycles. The Morgan fingerprint density at radius 3 is 1.38 bits per heavy atom. The molecule has 0 radical (unpaired) electrons. The third-order valence-corrected chi connectivity index (χ3v) is 12.0. The van der Waals surface area contributed by atoms with Gasteiger partial charge in [0.1, 0.15) is 0 Å². The van der Waals surface area contributed by atoms with E-state index in [4.69, 9.17) is 0 Å². The molecule has 1 unspecified atom stereocenters. The normalized spacial score (nSPS) is 11.8. The molecule has 0 heterocycles. The van der Waals surface area contributed by atoms with Crippen LogP contribution in [-0.2, 0) is 12.8 Å². The molecular weight excluding hydrogens is 773 g/mol. The Balaban J connectivity index is 1.10. The first-order valence-corrected chi connectivity index (χ1v) is 22.4. The lowest BCUT2D eigenvalue weighted by molar-refractivity contribution is 0.804. The topological polar surface area (TPSA) is 6.48 Å². The van der Waals surface area contributed by atoms with Crippen molar-refractivity contribution in [1.29, 1.82) is 0 Å².